The summed E-state index contributed by atoms with van der Waals surface area (Å²) < 4.78 is 8.56. The van der Waals surface area contributed by atoms with Crippen LogP contribution >= 0.6 is 11.5 Å². The van der Waals surface area contributed by atoms with E-state index in [1.807, 2.05) is 6.07 Å². The molecule has 0 fully saturated rings. The molecule has 0 saturated heterocycles. The number of anilines is 2. The van der Waals surface area contributed by atoms with Gasteiger partial charge in [0.05, 0.1) is 19.3 Å². The summed E-state index contributed by atoms with van der Waals surface area (Å²) in [5.41, 5.74) is 6.78. The zero-order valence-corrected chi connectivity index (χ0v) is 9.87. The number of H-pyrrole nitrogens is 1. The molecule has 0 saturated carbocycles. The van der Waals surface area contributed by atoms with E-state index in [9.17, 15) is 4.79 Å². The third kappa shape index (κ3) is 2.36. The van der Waals surface area contributed by atoms with Gasteiger partial charge in [-0.1, -0.05) is 0 Å². The molecule has 0 aliphatic heterocycles. The number of ether oxygens (including phenoxy) is 1. The van der Waals surface area contributed by atoms with E-state index in [-0.39, 0.29) is 11.4 Å². The molecule has 0 spiro atoms. The standard InChI is InChI=1S/C9H11N5O2S/c1-16-9(15)6-7(10)14-17-8(6)11-4-5-2-3-12-13-5/h2-3,11H,4H2,1H3,(H2,10,14)(H,12,13). The number of carbonyl (C=O) groups is 1. The molecule has 0 bridgehead atoms. The van der Waals surface area contributed by atoms with Crippen LogP contribution in [0.3, 0.4) is 0 Å². The minimum absolute atomic E-state index is 0.175. The number of nitrogens with two attached hydrogens (primary N) is 1. The number of aromatic amines is 1. The molecule has 17 heavy (non-hydrogen) atoms. The molecule has 2 aromatic rings. The summed E-state index contributed by atoms with van der Waals surface area (Å²) in [7, 11) is 1.30. The molecule has 0 unspecified atom stereocenters. The number of esters is 1. The molecule has 0 atom stereocenters. The Labute approximate surface area is 101 Å². The Kier molecular flexibility index (Phi) is 3.24. The summed E-state index contributed by atoms with van der Waals surface area (Å²) in [4.78, 5) is 11.5. The molecule has 0 aliphatic carbocycles. The Morgan fingerprint density at radius 2 is 2.53 bits per heavy atom. The van der Waals surface area contributed by atoms with Crippen LogP contribution in [0.5, 0.6) is 0 Å². The van der Waals surface area contributed by atoms with Crippen LogP contribution in [0.4, 0.5) is 10.8 Å². The van der Waals surface area contributed by atoms with Crippen LogP contribution in [-0.2, 0) is 11.3 Å². The first-order chi connectivity index (χ1) is 8.22. The van der Waals surface area contributed by atoms with E-state index in [1.165, 1.54) is 7.11 Å². The minimum atomic E-state index is -0.497. The predicted molar refractivity (Wildman–Crippen MR) is 63.8 cm³/mol. The number of nitrogens with one attached hydrogen (secondary N) is 2. The maximum atomic E-state index is 11.5. The van der Waals surface area contributed by atoms with Gasteiger partial charge in [0, 0.05) is 6.20 Å². The molecule has 7 nitrogen and oxygen atoms in total. The van der Waals surface area contributed by atoms with Crippen LogP contribution in [0.1, 0.15) is 16.1 Å². The summed E-state index contributed by atoms with van der Waals surface area (Å²) in [6.45, 7) is 0.506. The van der Waals surface area contributed by atoms with E-state index in [4.69, 9.17) is 5.73 Å². The highest BCUT2D eigenvalue weighted by Crippen LogP contribution is 2.27. The summed E-state index contributed by atoms with van der Waals surface area (Å²) in [6, 6.07) is 1.83. The maximum Gasteiger partial charge on any atom is 0.344 e. The second kappa shape index (κ2) is 4.83. The largest absolute Gasteiger partial charge is 0.465 e. The van der Waals surface area contributed by atoms with Crippen molar-refractivity contribution >= 4 is 28.3 Å². The average molecular weight is 253 g/mol. The summed E-state index contributed by atoms with van der Waals surface area (Å²) in [5.74, 6) is -0.322. The molecule has 8 heteroatoms. The minimum Gasteiger partial charge on any atom is -0.465 e. The third-order valence-corrected chi connectivity index (χ3v) is 2.92. The molecule has 0 amide bonds. The van der Waals surface area contributed by atoms with Gasteiger partial charge in [-0.15, -0.1) is 0 Å². The molecule has 0 aromatic carbocycles. The number of nitrogen functional groups attached to an aromatic ring is 1. The van der Waals surface area contributed by atoms with Crippen molar-refractivity contribution in [2.45, 2.75) is 6.54 Å². The molecular weight excluding hydrogens is 242 g/mol. The highest BCUT2D eigenvalue weighted by Gasteiger charge is 2.19. The number of methoxy groups -OCH3 is 1. The van der Waals surface area contributed by atoms with Crippen molar-refractivity contribution in [1.82, 2.24) is 14.6 Å². The van der Waals surface area contributed by atoms with Crippen LogP contribution in [0.25, 0.3) is 0 Å². The van der Waals surface area contributed by atoms with Gasteiger partial charge in [0.1, 0.15) is 10.6 Å². The summed E-state index contributed by atoms with van der Waals surface area (Å²) >= 11 is 1.12. The normalized spacial score (nSPS) is 10.2. The fourth-order valence-corrected chi connectivity index (χ4v) is 1.98. The zero-order chi connectivity index (χ0) is 12.3. The van der Waals surface area contributed by atoms with Gasteiger partial charge in [0.25, 0.3) is 0 Å². The first-order valence-corrected chi connectivity index (χ1v) is 5.55. The van der Waals surface area contributed by atoms with E-state index in [2.05, 4.69) is 24.6 Å². The second-order valence-corrected chi connectivity index (χ2v) is 3.97. The highest BCUT2D eigenvalue weighted by molar-refractivity contribution is 7.11. The van der Waals surface area contributed by atoms with Gasteiger partial charge in [-0.05, 0) is 17.6 Å². The van der Waals surface area contributed by atoms with Crippen LogP contribution in [0, 0.1) is 0 Å². The Morgan fingerprint density at radius 1 is 1.71 bits per heavy atom. The second-order valence-electron chi connectivity index (χ2n) is 3.20. The lowest BCUT2D eigenvalue weighted by atomic mass is 10.3. The van der Waals surface area contributed by atoms with Gasteiger partial charge in [-0.2, -0.15) is 9.47 Å². The zero-order valence-electron chi connectivity index (χ0n) is 9.06. The third-order valence-electron chi connectivity index (χ3n) is 2.11. The average Bonchev–Trinajstić information content (AvgIpc) is 2.95. The van der Waals surface area contributed by atoms with Gasteiger partial charge in [0.2, 0.25) is 0 Å². The lowest BCUT2D eigenvalue weighted by Gasteiger charge is -2.04. The number of hydrogen-bond acceptors (Lipinski definition) is 7. The van der Waals surface area contributed by atoms with Crippen LogP contribution in [0.2, 0.25) is 0 Å². The molecule has 2 heterocycles. The summed E-state index contributed by atoms with van der Waals surface area (Å²) in [6.07, 6.45) is 1.65. The van der Waals surface area contributed by atoms with E-state index < -0.39 is 5.97 Å². The lowest BCUT2D eigenvalue weighted by molar-refractivity contribution is 0.0603. The van der Waals surface area contributed by atoms with Crippen molar-refractivity contribution in [3.63, 3.8) is 0 Å². The predicted octanol–water partition coefficient (Wildman–Crippen LogP) is 0.847. The fraction of sp³-hybridized carbons (Fsp3) is 0.222. The molecule has 90 valence electrons. The van der Waals surface area contributed by atoms with Crippen molar-refractivity contribution < 1.29 is 9.53 Å². The van der Waals surface area contributed by atoms with Crippen molar-refractivity contribution in [2.24, 2.45) is 0 Å². The van der Waals surface area contributed by atoms with E-state index in [1.54, 1.807) is 6.20 Å². The molecule has 0 aliphatic rings. The van der Waals surface area contributed by atoms with Gasteiger partial charge in [0.15, 0.2) is 5.82 Å². The number of carbonyl (C=O) groups excluding carboxylic acids is 1. The number of rotatable bonds is 4. The van der Waals surface area contributed by atoms with E-state index in [0.717, 1.165) is 17.2 Å². The number of aromatic nitrogens is 3. The lowest BCUT2D eigenvalue weighted by Crippen LogP contribution is -2.08. The van der Waals surface area contributed by atoms with Crippen molar-refractivity contribution in [1.29, 1.82) is 0 Å². The Hall–Kier alpha value is -2.09. The Balaban J connectivity index is 2.13. The van der Waals surface area contributed by atoms with Crippen LogP contribution in [-0.4, -0.2) is 27.7 Å². The first-order valence-electron chi connectivity index (χ1n) is 4.78. The molecule has 2 aromatic heterocycles. The molecule has 4 N–H and O–H groups in total. The molecular formula is C9H11N5O2S. The van der Waals surface area contributed by atoms with Crippen molar-refractivity contribution in [3.05, 3.63) is 23.5 Å². The molecule has 0 radical (unpaired) electrons. The van der Waals surface area contributed by atoms with E-state index >= 15 is 0 Å². The van der Waals surface area contributed by atoms with Crippen LogP contribution < -0.4 is 11.1 Å². The van der Waals surface area contributed by atoms with Crippen molar-refractivity contribution in [2.75, 3.05) is 18.2 Å². The van der Waals surface area contributed by atoms with Gasteiger partial charge < -0.3 is 15.8 Å². The van der Waals surface area contributed by atoms with Gasteiger partial charge in [-0.3, -0.25) is 5.10 Å². The number of hydrogen-bond donors (Lipinski definition) is 3. The fourth-order valence-electron chi connectivity index (χ4n) is 1.28. The van der Waals surface area contributed by atoms with Crippen molar-refractivity contribution in [3.8, 4) is 0 Å². The topological polar surface area (TPSA) is 106 Å². The van der Waals surface area contributed by atoms with E-state index in [0.29, 0.717) is 11.5 Å². The smallest absolute Gasteiger partial charge is 0.344 e. The maximum absolute atomic E-state index is 11.5. The molecule has 2 rings (SSSR count). The number of nitrogens with zero attached hydrogens (tertiary/aromatic N) is 2. The van der Waals surface area contributed by atoms with Gasteiger partial charge in [-0.25, -0.2) is 4.79 Å². The first kappa shape index (κ1) is 11.4. The quantitative estimate of drug-likeness (QED) is 0.697. The monoisotopic (exact) mass is 253 g/mol. The van der Waals surface area contributed by atoms with Gasteiger partial charge >= 0.3 is 5.97 Å². The SMILES string of the molecule is COC(=O)c1c(N)nsc1NCc1ccn[nH]1. The summed E-state index contributed by atoms with van der Waals surface area (Å²) in [5, 5.41) is 10.3. The van der Waals surface area contributed by atoms with Crippen LogP contribution in [0.15, 0.2) is 12.3 Å². The Morgan fingerprint density at radius 3 is 3.18 bits per heavy atom. The Bertz CT molecular complexity index is 507. The highest BCUT2D eigenvalue weighted by atomic mass is 32.1.